The number of nitrogens with two attached hydrogens (primary N) is 1. The van der Waals surface area contributed by atoms with Crippen LogP contribution in [0.15, 0.2) is 64.4 Å². The number of nitrogen functional groups attached to an aromatic ring is 1. The zero-order valence-electron chi connectivity index (χ0n) is 13.7. The van der Waals surface area contributed by atoms with Gasteiger partial charge < -0.3 is 5.73 Å². The lowest BCUT2D eigenvalue weighted by Crippen LogP contribution is -2.12. The number of aromatic nitrogens is 3. The van der Waals surface area contributed by atoms with Crippen molar-refractivity contribution in [3.05, 3.63) is 54.6 Å². The summed E-state index contributed by atoms with van der Waals surface area (Å²) in [5.74, 6) is -0.142. The van der Waals surface area contributed by atoms with Gasteiger partial charge in [0.05, 0.1) is 9.79 Å². The van der Waals surface area contributed by atoms with Gasteiger partial charge in [0.15, 0.2) is 5.82 Å². The highest BCUT2D eigenvalue weighted by atomic mass is 32.2. The average Bonchev–Trinajstić information content (AvgIpc) is 2.61. The number of amides is 1. The van der Waals surface area contributed by atoms with E-state index in [1.165, 1.54) is 31.2 Å². The van der Waals surface area contributed by atoms with Crippen LogP contribution < -0.4 is 11.1 Å². The Bertz CT molecular complexity index is 1050. The molecule has 0 unspecified atom stereocenters. The molecule has 3 N–H and O–H groups in total. The Morgan fingerprint density at radius 3 is 2.15 bits per heavy atom. The maximum absolute atomic E-state index is 12.6. The summed E-state index contributed by atoms with van der Waals surface area (Å²) >= 11 is 0. The monoisotopic (exact) mass is 369 g/mol. The predicted octanol–water partition coefficient (Wildman–Crippen LogP) is 1.91. The van der Waals surface area contributed by atoms with Gasteiger partial charge in [0.25, 0.3) is 0 Å². The van der Waals surface area contributed by atoms with E-state index in [-0.39, 0.29) is 33.4 Å². The van der Waals surface area contributed by atoms with Gasteiger partial charge in [-0.1, -0.05) is 18.2 Å². The predicted molar refractivity (Wildman–Crippen MR) is 95.9 cm³/mol. The Balaban J connectivity index is 1.96. The molecular formula is C17H15N5O3S. The van der Waals surface area contributed by atoms with E-state index in [9.17, 15) is 13.2 Å². The molecular weight excluding hydrogens is 354 g/mol. The summed E-state index contributed by atoms with van der Waals surface area (Å²) in [7, 11) is -3.61. The summed E-state index contributed by atoms with van der Waals surface area (Å²) in [6, 6.07) is 14.2. The summed E-state index contributed by atoms with van der Waals surface area (Å²) < 4.78 is 25.2. The van der Waals surface area contributed by atoms with Crippen LogP contribution in [-0.2, 0) is 14.6 Å². The van der Waals surface area contributed by atoms with Gasteiger partial charge >= 0.3 is 0 Å². The number of hydrogen-bond acceptors (Lipinski definition) is 7. The fourth-order valence-corrected chi connectivity index (χ4v) is 3.54. The summed E-state index contributed by atoms with van der Waals surface area (Å²) in [6.45, 7) is 1.32. The molecule has 1 heterocycles. The topological polar surface area (TPSA) is 128 Å². The van der Waals surface area contributed by atoms with E-state index in [1.54, 1.807) is 30.3 Å². The number of nitrogens with one attached hydrogen (secondary N) is 1. The maximum Gasteiger partial charge on any atom is 0.234 e. The van der Waals surface area contributed by atoms with E-state index < -0.39 is 9.84 Å². The van der Waals surface area contributed by atoms with Gasteiger partial charge in [-0.25, -0.2) is 8.42 Å². The summed E-state index contributed by atoms with van der Waals surface area (Å²) in [5, 5.41) is 2.44. The molecule has 0 radical (unpaired) electrons. The van der Waals surface area contributed by atoms with Gasteiger partial charge in [0.2, 0.25) is 27.6 Å². The number of rotatable bonds is 4. The molecule has 3 rings (SSSR count). The molecule has 2 aromatic carbocycles. The lowest BCUT2D eigenvalue weighted by molar-refractivity contribution is -0.114. The summed E-state index contributed by atoms with van der Waals surface area (Å²) in [6.07, 6.45) is 0. The zero-order valence-corrected chi connectivity index (χ0v) is 14.6. The molecule has 0 atom stereocenters. The molecule has 26 heavy (non-hydrogen) atoms. The largest absolute Gasteiger partial charge is 0.368 e. The van der Waals surface area contributed by atoms with Crippen molar-refractivity contribution in [2.24, 2.45) is 0 Å². The van der Waals surface area contributed by atoms with E-state index in [0.717, 1.165) is 0 Å². The SMILES string of the molecule is CC(=O)Nc1nc(N)nc(-c2ccc(S(=O)(=O)c3ccccc3)cc2)n1. The molecule has 0 saturated carbocycles. The molecule has 8 nitrogen and oxygen atoms in total. The lowest BCUT2D eigenvalue weighted by Gasteiger charge is -2.07. The molecule has 0 fully saturated rings. The van der Waals surface area contributed by atoms with Gasteiger partial charge in [0.1, 0.15) is 0 Å². The highest BCUT2D eigenvalue weighted by molar-refractivity contribution is 7.91. The van der Waals surface area contributed by atoms with Gasteiger partial charge in [0, 0.05) is 12.5 Å². The molecule has 0 aliphatic heterocycles. The average molecular weight is 369 g/mol. The minimum absolute atomic E-state index is 0.0287. The van der Waals surface area contributed by atoms with Gasteiger partial charge in [-0.15, -0.1) is 0 Å². The van der Waals surface area contributed by atoms with Crippen LogP contribution in [0.25, 0.3) is 11.4 Å². The Labute approximate surface area is 150 Å². The minimum Gasteiger partial charge on any atom is -0.368 e. The number of nitrogens with zero attached hydrogens (tertiary/aromatic N) is 3. The second-order valence-electron chi connectivity index (χ2n) is 5.36. The van der Waals surface area contributed by atoms with Crippen LogP contribution >= 0.6 is 0 Å². The van der Waals surface area contributed by atoms with Crippen molar-refractivity contribution in [3.63, 3.8) is 0 Å². The standard InChI is InChI=1S/C17H15N5O3S/c1-11(23)19-17-21-15(20-16(18)22-17)12-7-9-14(10-8-12)26(24,25)13-5-3-2-4-6-13/h2-10H,1H3,(H3,18,19,20,21,22,23). The van der Waals surface area contributed by atoms with E-state index >= 15 is 0 Å². The molecule has 0 spiro atoms. The molecule has 0 aliphatic rings. The number of carbonyl (C=O) groups is 1. The first-order valence-corrected chi connectivity index (χ1v) is 9.04. The maximum atomic E-state index is 12.6. The van der Waals surface area contributed by atoms with Crippen molar-refractivity contribution in [3.8, 4) is 11.4 Å². The molecule has 3 aromatic rings. The van der Waals surface area contributed by atoms with Gasteiger partial charge in [-0.05, 0) is 36.4 Å². The van der Waals surface area contributed by atoms with Crippen molar-refractivity contribution in [2.75, 3.05) is 11.1 Å². The second kappa shape index (κ2) is 6.89. The van der Waals surface area contributed by atoms with E-state index in [0.29, 0.717) is 5.56 Å². The minimum atomic E-state index is -3.61. The molecule has 9 heteroatoms. The van der Waals surface area contributed by atoms with Crippen molar-refractivity contribution in [1.82, 2.24) is 15.0 Å². The Kier molecular flexibility index (Phi) is 4.63. The Hall–Kier alpha value is -3.33. The number of anilines is 2. The smallest absolute Gasteiger partial charge is 0.234 e. The molecule has 132 valence electrons. The molecule has 0 bridgehead atoms. The number of hydrogen-bond donors (Lipinski definition) is 2. The zero-order chi connectivity index (χ0) is 18.7. The Morgan fingerprint density at radius 1 is 0.923 bits per heavy atom. The third-order valence-corrected chi connectivity index (χ3v) is 5.20. The van der Waals surface area contributed by atoms with Crippen LogP contribution in [0.5, 0.6) is 0 Å². The number of carbonyl (C=O) groups excluding carboxylic acids is 1. The van der Waals surface area contributed by atoms with E-state index in [4.69, 9.17) is 5.73 Å². The van der Waals surface area contributed by atoms with E-state index in [2.05, 4.69) is 20.3 Å². The molecule has 1 amide bonds. The van der Waals surface area contributed by atoms with Crippen LogP contribution in [0, 0.1) is 0 Å². The Morgan fingerprint density at radius 2 is 1.54 bits per heavy atom. The fourth-order valence-electron chi connectivity index (χ4n) is 2.25. The van der Waals surface area contributed by atoms with Crippen molar-refractivity contribution in [2.45, 2.75) is 16.7 Å². The third-order valence-electron chi connectivity index (χ3n) is 3.42. The first-order valence-electron chi connectivity index (χ1n) is 7.56. The highest BCUT2D eigenvalue weighted by Crippen LogP contribution is 2.24. The van der Waals surface area contributed by atoms with Gasteiger partial charge in [-0.2, -0.15) is 15.0 Å². The molecule has 0 aliphatic carbocycles. The summed E-state index contributed by atoms with van der Waals surface area (Å²) in [4.78, 5) is 23.5. The fraction of sp³-hybridized carbons (Fsp3) is 0.0588. The third kappa shape index (κ3) is 3.67. The van der Waals surface area contributed by atoms with Crippen molar-refractivity contribution >= 4 is 27.6 Å². The normalized spacial score (nSPS) is 11.1. The van der Waals surface area contributed by atoms with Crippen LogP contribution in [0.2, 0.25) is 0 Å². The van der Waals surface area contributed by atoms with Crippen LogP contribution in [0.1, 0.15) is 6.92 Å². The van der Waals surface area contributed by atoms with Crippen LogP contribution in [-0.4, -0.2) is 29.3 Å². The highest BCUT2D eigenvalue weighted by Gasteiger charge is 2.17. The van der Waals surface area contributed by atoms with E-state index in [1.807, 2.05) is 0 Å². The van der Waals surface area contributed by atoms with Crippen LogP contribution in [0.3, 0.4) is 0 Å². The van der Waals surface area contributed by atoms with Gasteiger partial charge in [-0.3, -0.25) is 10.1 Å². The second-order valence-corrected chi connectivity index (χ2v) is 7.31. The molecule has 1 aromatic heterocycles. The number of benzene rings is 2. The van der Waals surface area contributed by atoms with Crippen LogP contribution in [0.4, 0.5) is 11.9 Å². The first kappa shape index (κ1) is 17.5. The molecule has 0 saturated heterocycles. The quantitative estimate of drug-likeness (QED) is 0.719. The summed E-state index contributed by atoms with van der Waals surface area (Å²) in [5.41, 5.74) is 6.18. The number of sulfone groups is 1. The van der Waals surface area contributed by atoms with Crippen molar-refractivity contribution < 1.29 is 13.2 Å². The lowest BCUT2D eigenvalue weighted by atomic mass is 10.2. The van der Waals surface area contributed by atoms with Crippen molar-refractivity contribution in [1.29, 1.82) is 0 Å². The first-order chi connectivity index (χ1) is 12.4.